The maximum absolute atomic E-state index is 16.0. The molecule has 0 N–H and O–H groups in total. The average Bonchev–Trinajstić information content (AvgIpc) is 3.85. The number of hydrogen-bond donors (Lipinski definition) is 0. The maximum atomic E-state index is 16.0. The Balaban J connectivity index is 1.11. The Morgan fingerprint density at radius 3 is 1.68 bits per heavy atom. The molecule has 0 spiro atoms. The van der Waals surface area contributed by atoms with Crippen LogP contribution in [0.1, 0.15) is 129 Å². The molecule has 4 nitrogen and oxygen atoms in total. The number of carbonyl (C=O) groups is 1. The van der Waals surface area contributed by atoms with Gasteiger partial charge in [-0.15, -0.1) is 0 Å². The first-order valence-corrected chi connectivity index (χ1v) is 21.4. The van der Waals surface area contributed by atoms with E-state index in [-0.39, 0.29) is 11.2 Å². The molecule has 320 valence electrons. The second-order valence-electron chi connectivity index (χ2n) is 19.8. The number of hydrogen-bond acceptors (Lipinski definition) is 4. The summed E-state index contributed by atoms with van der Waals surface area (Å²) < 4.78 is 81.7. The van der Waals surface area contributed by atoms with Crippen molar-refractivity contribution in [3.05, 3.63) is 127 Å². The second kappa shape index (κ2) is 15.7. The van der Waals surface area contributed by atoms with E-state index in [1.165, 1.54) is 44.2 Å². The van der Waals surface area contributed by atoms with E-state index in [2.05, 4.69) is 39.5 Å². The highest BCUT2D eigenvalue weighted by Gasteiger charge is 2.58. The fourth-order valence-corrected chi connectivity index (χ4v) is 11.3. The molecular weight excluding hydrogens is 765 g/mol. The van der Waals surface area contributed by atoms with Gasteiger partial charge in [-0.05, 0) is 185 Å². The minimum Gasteiger partial charge on any atom is -0.482 e. The van der Waals surface area contributed by atoms with E-state index < -0.39 is 46.2 Å². The van der Waals surface area contributed by atoms with Crippen LogP contribution in [0.4, 0.5) is 17.6 Å². The van der Waals surface area contributed by atoms with Crippen LogP contribution in [0, 0.1) is 94.4 Å². The average molecular weight is 825 g/mol. The van der Waals surface area contributed by atoms with Gasteiger partial charge >= 0.3 is 5.97 Å². The Hall–Kier alpha value is -4.59. The van der Waals surface area contributed by atoms with Crippen molar-refractivity contribution in [3.63, 3.8) is 0 Å². The van der Waals surface area contributed by atoms with Crippen molar-refractivity contribution in [1.82, 2.24) is 0 Å². The molecule has 0 saturated heterocycles. The van der Waals surface area contributed by atoms with Crippen LogP contribution >= 0.6 is 0 Å². The van der Waals surface area contributed by atoms with Crippen molar-refractivity contribution in [1.29, 1.82) is 0 Å². The summed E-state index contributed by atoms with van der Waals surface area (Å²) in [5.74, 6) is -3.54. The molecular formula is C52H60F4O4. The van der Waals surface area contributed by atoms with Crippen LogP contribution in [0.15, 0.2) is 48.6 Å². The molecule has 0 aromatic heterocycles. The van der Waals surface area contributed by atoms with E-state index in [4.69, 9.17) is 14.2 Å². The van der Waals surface area contributed by atoms with Gasteiger partial charge in [-0.25, -0.2) is 13.6 Å². The maximum Gasteiger partial charge on any atom is 0.338 e. The van der Waals surface area contributed by atoms with Gasteiger partial charge in [-0.1, -0.05) is 63.7 Å². The Kier molecular flexibility index (Phi) is 11.4. The minimum absolute atomic E-state index is 0.138. The predicted molar refractivity (Wildman–Crippen MR) is 229 cm³/mol. The van der Waals surface area contributed by atoms with Gasteiger partial charge in [0.25, 0.3) is 0 Å². The van der Waals surface area contributed by atoms with Crippen LogP contribution in [0.2, 0.25) is 0 Å². The van der Waals surface area contributed by atoms with Crippen LogP contribution in [-0.2, 0) is 22.2 Å². The highest BCUT2D eigenvalue weighted by atomic mass is 19.2. The summed E-state index contributed by atoms with van der Waals surface area (Å²) in [4.78, 5) is 12.3. The van der Waals surface area contributed by atoms with Crippen molar-refractivity contribution in [3.8, 4) is 23.0 Å². The van der Waals surface area contributed by atoms with Crippen molar-refractivity contribution < 1.29 is 36.6 Å². The van der Waals surface area contributed by atoms with Gasteiger partial charge in [0.2, 0.25) is 17.4 Å². The van der Waals surface area contributed by atoms with Gasteiger partial charge in [0.1, 0.15) is 22.8 Å². The van der Waals surface area contributed by atoms with Gasteiger partial charge in [0, 0.05) is 5.57 Å². The third-order valence-corrected chi connectivity index (χ3v) is 13.9. The zero-order valence-corrected chi connectivity index (χ0v) is 37.3. The van der Waals surface area contributed by atoms with Crippen LogP contribution in [-0.4, -0.2) is 5.97 Å². The lowest BCUT2D eigenvalue weighted by molar-refractivity contribution is -0.130. The summed E-state index contributed by atoms with van der Waals surface area (Å²) in [5, 5.41) is 0. The smallest absolute Gasteiger partial charge is 0.338 e. The third-order valence-electron chi connectivity index (χ3n) is 13.9. The van der Waals surface area contributed by atoms with Crippen molar-refractivity contribution >= 4 is 5.97 Å². The Morgan fingerprint density at radius 2 is 1.15 bits per heavy atom. The highest BCUT2D eigenvalue weighted by molar-refractivity contribution is 5.89. The van der Waals surface area contributed by atoms with Gasteiger partial charge in [0.15, 0.2) is 11.6 Å². The molecule has 0 heterocycles. The SMILES string of the molecule is C=C(C)C(=O)Oc1c(C)cc(CC2CCC3C4CCC(C4c4cc(C)c(Oc5c(F)c(F)c(C(C)(C)Oc6c(C)cc(C(C)(C)C)cc6C)c(F)c5F)c(C)c4)C23)cc1C. The van der Waals surface area contributed by atoms with E-state index in [1.807, 2.05) is 65.8 Å². The molecule has 8 heteroatoms. The molecule has 0 aliphatic heterocycles. The Labute approximate surface area is 353 Å². The van der Waals surface area contributed by atoms with Crippen molar-refractivity contribution in [2.24, 2.45) is 29.6 Å². The molecule has 0 radical (unpaired) electrons. The number of esters is 1. The zero-order valence-electron chi connectivity index (χ0n) is 37.3. The number of halogens is 4. The third kappa shape index (κ3) is 7.66. The van der Waals surface area contributed by atoms with Crippen LogP contribution in [0.3, 0.4) is 0 Å². The summed E-state index contributed by atoms with van der Waals surface area (Å²) in [6.45, 7) is 25.7. The van der Waals surface area contributed by atoms with Crippen molar-refractivity contribution in [2.75, 3.05) is 0 Å². The second-order valence-corrected chi connectivity index (χ2v) is 19.8. The van der Waals surface area contributed by atoms with Gasteiger partial charge < -0.3 is 14.2 Å². The first-order chi connectivity index (χ1) is 28.0. The first-order valence-electron chi connectivity index (χ1n) is 21.4. The number of benzene rings is 4. The van der Waals surface area contributed by atoms with Gasteiger partial charge in [-0.2, -0.15) is 8.78 Å². The fourth-order valence-electron chi connectivity index (χ4n) is 11.3. The lowest BCUT2D eigenvalue weighted by Gasteiger charge is -2.31. The number of rotatable bonds is 10. The topological polar surface area (TPSA) is 44.8 Å². The Morgan fingerprint density at radius 1 is 0.650 bits per heavy atom. The van der Waals surface area contributed by atoms with Crippen LogP contribution < -0.4 is 14.2 Å². The Bertz CT molecular complexity index is 2310. The summed E-state index contributed by atoms with van der Waals surface area (Å²) in [6, 6.07) is 12.3. The molecule has 4 aromatic carbocycles. The van der Waals surface area contributed by atoms with Gasteiger partial charge in [0.05, 0.1) is 5.56 Å². The van der Waals surface area contributed by atoms with E-state index in [9.17, 15) is 4.79 Å². The summed E-state index contributed by atoms with van der Waals surface area (Å²) in [7, 11) is 0. The predicted octanol–water partition coefficient (Wildman–Crippen LogP) is 14.0. The standard InChI is InChI=1S/C52H60F4O4/c1-25(2)50(57)59-47-26(3)18-32(19-27(47)4)24-33-14-15-36-37-16-17-38(39(33)36)40(37)34-20-28(5)46(29(6)21-34)58-49-44(55)42(53)41(43(54)45(49)56)52(12,13)60-48-30(7)22-35(23-31(48)8)51(9,10)11/h18-23,33,36-40H,1,14-17,24H2,2-13H3. The summed E-state index contributed by atoms with van der Waals surface area (Å²) in [6.07, 6.45) is 5.66. The number of aryl methyl sites for hydroxylation is 6. The normalized spacial score (nSPS) is 22.3. The zero-order chi connectivity index (χ0) is 43.9. The van der Waals surface area contributed by atoms with E-state index in [1.54, 1.807) is 6.92 Å². The highest BCUT2D eigenvalue weighted by Crippen LogP contribution is 2.67. The van der Waals surface area contributed by atoms with Crippen LogP contribution in [0.25, 0.3) is 0 Å². The molecule has 2 bridgehead atoms. The van der Waals surface area contributed by atoms with Crippen LogP contribution in [0.5, 0.6) is 23.0 Å². The molecule has 6 atom stereocenters. The van der Waals surface area contributed by atoms with Gasteiger partial charge in [-0.3, -0.25) is 0 Å². The largest absolute Gasteiger partial charge is 0.482 e. The molecule has 0 amide bonds. The molecule has 60 heavy (non-hydrogen) atoms. The minimum atomic E-state index is -1.78. The molecule has 6 unspecified atom stereocenters. The first kappa shape index (κ1) is 43.5. The van der Waals surface area contributed by atoms with Crippen molar-refractivity contribution in [2.45, 2.75) is 132 Å². The number of fused-ring (bicyclic) bond motifs is 5. The molecule has 3 aliphatic carbocycles. The van der Waals surface area contributed by atoms with E-state index in [0.29, 0.717) is 63.7 Å². The molecule has 3 aliphatic rings. The lowest BCUT2D eigenvalue weighted by atomic mass is 9.75. The monoisotopic (exact) mass is 824 g/mol. The summed E-state index contributed by atoms with van der Waals surface area (Å²) >= 11 is 0. The van der Waals surface area contributed by atoms with E-state index >= 15 is 17.6 Å². The fraction of sp³-hybridized carbons (Fsp3) is 0.481. The lowest BCUT2D eigenvalue weighted by Crippen LogP contribution is -2.30. The molecule has 7 rings (SSSR count). The molecule has 3 fully saturated rings. The quantitative estimate of drug-likeness (QED) is 0.0525. The number of carbonyl (C=O) groups excluding carboxylic acids is 1. The van der Waals surface area contributed by atoms with E-state index in [0.717, 1.165) is 40.7 Å². The molecule has 4 aromatic rings. The number of ether oxygens (including phenoxy) is 3. The molecule has 3 saturated carbocycles. The summed E-state index contributed by atoms with van der Waals surface area (Å²) in [5.41, 5.74) is 5.77.